The molecule has 0 bridgehead atoms. The number of carbonyl (C=O) groups is 1. The molecule has 3 fully saturated rings. The van der Waals surface area contributed by atoms with Gasteiger partial charge < -0.3 is 9.80 Å². The Morgan fingerprint density at radius 1 is 0.933 bits per heavy atom. The second kappa shape index (κ2) is 9.95. The number of likely N-dealkylation sites (tertiary alicyclic amines) is 2. The molecule has 0 spiro atoms. The Morgan fingerprint density at radius 2 is 1.47 bits per heavy atom. The van der Waals surface area contributed by atoms with Crippen LogP contribution in [-0.2, 0) is 4.79 Å². The Bertz CT molecular complexity index is 677. The number of rotatable bonds is 6. The van der Waals surface area contributed by atoms with E-state index in [-0.39, 0.29) is 0 Å². The normalized spacial score (nSPS) is 29.2. The third-order valence-electron chi connectivity index (χ3n) is 8.48. The largest absolute Gasteiger partial charge is 0.300 e. The van der Waals surface area contributed by atoms with Gasteiger partial charge in [-0.25, -0.2) is 0 Å². The van der Waals surface area contributed by atoms with E-state index < -0.39 is 0 Å². The lowest BCUT2D eigenvalue weighted by atomic mass is 9.82. The van der Waals surface area contributed by atoms with Crippen molar-refractivity contribution in [2.24, 2.45) is 5.92 Å². The number of carbonyl (C=O) groups excluding carboxylic acids is 1. The van der Waals surface area contributed by atoms with Gasteiger partial charge in [0.05, 0.1) is 12.2 Å². The molecule has 5 heteroatoms. The van der Waals surface area contributed by atoms with Crippen LogP contribution in [0.2, 0.25) is 0 Å². The Morgan fingerprint density at radius 3 is 2.00 bits per heavy atom. The van der Waals surface area contributed by atoms with Gasteiger partial charge in [-0.3, -0.25) is 9.48 Å². The van der Waals surface area contributed by atoms with Crippen LogP contribution in [0.1, 0.15) is 96.1 Å². The minimum atomic E-state index is 0.344. The van der Waals surface area contributed by atoms with E-state index in [0.717, 1.165) is 24.9 Å². The molecule has 5 nitrogen and oxygen atoms in total. The standard InChI is InChI=1S/C25H42N4O/c1-4-19(2)22-17-26-29(18-22)25-11-15-28(16-12-25)24-9-13-27(14-10-24)23-7-5-21(6-8-23)20(3)30/h17-19,21,23-25H,4-16H2,1-3H3/t19?,21-,23+. The van der Waals surface area contributed by atoms with Gasteiger partial charge in [-0.2, -0.15) is 5.10 Å². The summed E-state index contributed by atoms with van der Waals surface area (Å²) in [5.41, 5.74) is 1.39. The lowest BCUT2D eigenvalue weighted by Gasteiger charge is -2.45. The summed E-state index contributed by atoms with van der Waals surface area (Å²) in [7, 11) is 0. The number of ketones is 1. The molecule has 1 saturated carbocycles. The van der Waals surface area contributed by atoms with Crippen LogP contribution in [0.25, 0.3) is 0 Å². The quantitative estimate of drug-likeness (QED) is 0.680. The molecule has 2 aliphatic heterocycles. The summed E-state index contributed by atoms with van der Waals surface area (Å²) in [6, 6.07) is 2.08. The van der Waals surface area contributed by atoms with Crippen molar-refractivity contribution in [3.05, 3.63) is 18.0 Å². The predicted molar refractivity (Wildman–Crippen MR) is 122 cm³/mol. The van der Waals surface area contributed by atoms with Crippen LogP contribution < -0.4 is 0 Å². The van der Waals surface area contributed by atoms with Gasteiger partial charge in [0.15, 0.2) is 0 Å². The molecule has 2 saturated heterocycles. The highest BCUT2D eigenvalue weighted by Crippen LogP contribution is 2.32. The monoisotopic (exact) mass is 414 g/mol. The highest BCUT2D eigenvalue weighted by molar-refractivity contribution is 5.78. The molecule has 1 unspecified atom stereocenters. The maximum Gasteiger partial charge on any atom is 0.132 e. The fourth-order valence-electron chi connectivity index (χ4n) is 6.02. The van der Waals surface area contributed by atoms with Gasteiger partial charge in [-0.05, 0) is 89.3 Å². The van der Waals surface area contributed by atoms with Crippen molar-refractivity contribution < 1.29 is 4.79 Å². The SMILES string of the molecule is CCC(C)c1cnn(C2CCN(C3CCN([C@H]4CC[C@@H](C(C)=O)CC4)CC3)CC2)c1. The molecular formula is C25H42N4O. The maximum absolute atomic E-state index is 11.6. The van der Waals surface area contributed by atoms with Gasteiger partial charge in [0.25, 0.3) is 0 Å². The summed E-state index contributed by atoms with van der Waals surface area (Å²) in [5, 5.41) is 4.69. The molecule has 3 heterocycles. The van der Waals surface area contributed by atoms with E-state index in [1.807, 2.05) is 0 Å². The number of piperidine rings is 2. The van der Waals surface area contributed by atoms with Crippen LogP contribution in [-0.4, -0.2) is 63.6 Å². The molecular weight excluding hydrogens is 372 g/mol. The topological polar surface area (TPSA) is 41.4 Å². The molecule has 168 valence electrons. The first-order valence-corrected chi connectivity index (χ1v) is 12.6. The minimum absolute atomic E-state index is 0.344. The van der Waals surface area contributed by atoms with Crippen molar-refractivity contribution in [1.82, 2.24) is 19.6 Å². The second-order valence-electron chi connectivity index (χ2n) is 10.2. The number of aromatic nitrogens is 2. The van der Waals surface area contributed by atoms with E-state index >= 15 is 0 Å². The Kier molecular flexibility index (Phi) is 7.30. The van der Waals surface area contributed by atoms with Gasteiger partial charge >= 0.3 is 0 Å². The zero-order valence-electron chi connectivity index (χ0n) is 19.4. The van der Waals surface area contributed by atoms with Gasteiger partial charge in [0, 0.05) is 37.3 Å². The Hall–Kier alpha value is -1.20. The van der Waals surface area contributed by atoms with Crippen LogP contribution in [0.15, 0.2) is 12.4 Å². The molecule has 4 rings (SSSR count). The molecule has 0 radical (unpaired) electrons. The third-order valence-corrected chi connectivity index (χ3v) is 8.48. The van der Waals surface area contributed by atoms with Crippen molar-refractivity contribution in [3.8, 4) is 0 Å². The van der Waals surface area contributed by atoms with Crippen LogP contribution >= 0.6 is 0 Å². The van der Waals surface area contributed by atoms with Crippen LogP contribution in [0.5, 0.6) is 0 Å². The molecule has 0 N–H and O–H groups in total. The van der Waals surface area contributed by atoms with Gasteiger partial charge in [-0.1, -0.05) is 13.8 Å². The highest BCUT2D eigenvalue weighted by atomic mass is 16.1. The summed E-state index contributed by atoms with van der Waals surface area (Å²) in [5.74, 6) is 1.36. The molecule has 1 aliphatic carbocycles. The number of hydrogen-bond donors (Lipinski definition) is 0. The summed E-state index contributed by atoms with van der Waals surface area (Å²) in [6.07, 6.45) is 15.3. The van der Waals surface area contributed by atoms with E-state index in [9.17, 15) is 4.79 Å². The maximum atomic E-state index is 11.6. The van der Waals surface area contributed by atoms with Crippen LogP contribution in [0.4, 0.5) is 0 Å². The molecule has 1 atom stereocenters. The Balaban J connectivity index is 1.20. The van der Waals surface area contributed by atoms with E-state index in [4.69, 9.17) is 5.10 Å². The highest BCUT2D eigenvalue weighted by Gasteiger charge is 2.33. The van der Waals surface area contributed by atoms with Crippen molar-refractivity contribution in [3.63, 3.8) is 0 Å². The Labute approximate surface area is 183 Å². The average molecular weight is 415 g/mol. The van der Waals surface area contributed by atoms with Crippen molar-refractivity contribution in [2.45, 2.75) is 103 Å². The van der Waals surface area contributed by atoms with Crippen molar-refractivity contribution >= 4 is 5.78 Å². The summed E-state index contributed by atoms with van der Waals surface area (Å²) < 4.78 is 2.25. The molecule has 3 aliphatic rings. The van der Waals surface area contributed by atoms with Gasteiger partial charge in [0.2, 0.25) is 0 Å². The summed E-state index contributed by atoms with van der Waals surface area (Å²) in [4.78, 5) is 17.1. The molecule has 1 aromatic rings. The van der Waals surface area contributed by atoms with E-state index in [2.05, 4.69) is 40.7 Å². The zero-order chi connectivity index (χ0) is 21.1. The van der Waals surface area contributed by atoms with Crippen LogP contribution in [0, 0.1) is 5.92 Å². The third kappa shape index (κ3) is 4.99. The predicted octanol–water partition coefficient (Wildman–Crippen LogP) is 4.65. The van der Waals surface area contributed by atoms with Crippen molar-refractivity contribution in [2.75, 3.05) is 26.2 Å². The van der Waals surface area contributed by atoms with E-state index in [0.29, 0.717) is 23.7 Å². The lowest BCUT2D eigenvalue weighted by molar-refractivity contribution is -0.122. The molecule has 0 aromatic carbocycles. The zero-order valence-corrected chi connectivity index (χ0v) is 19.4. The van der Waals surface area contributed by atoms with Gasteiger partial charge in [0.1, 0.15) is 5.78 Å². The fraction of sp³-hybridized carbons (Fsp3) is 0.840. The minimum Gasteiger partial charge on any atom is -0.300 e. The second-order valence-corrected chi connectivity index (χ2v) is 10.2. The lowest BCUT2D eigenvalue weighted by Crippen LogP contribution is -2.50. The van der Waals surface area contributed by atoms with Crippen molar-refractivity contribution in [1.29, 1.82) is 0 Å². The van der Waals surface area contributed by atoms with Crippen LogP contribution in [0.3, 0.4) is 0 Å². The average Bonchev–Trinajstić information content (AvgIpc) is 3.29. The first-order valence-electron chi connectivity index (χ1n) is 12.6. The molecule has 1 aromatic heterocycles. The van der Waals surface area contributed by atoms with E-state index in [1.165, 1.54) is 76.7 Å². The molecule has 30 heavy (non-hydrogen) atoms. The first kappa shape index (κ1) is 22.0. The number of hydrogen-bond acceptors (Lipinski definition) is 4. The summed E-state index contributed by atoms with van der Waals surface area (Å²) in [6.45, 7) is 11.3. The number of nitrogens with zero attached hydrogens (tertiary/aromatic N) is 4. The number of Topliss-reactive ketones (excluding diaryl/α,β-unsaturated/α-hetero) is 1. The first-order chi connectivity index (χ1) is 14.5. The van der Waals surface area contributed by atoms with E-state index in [1.54, 1.807) is 6.92 Å². The fourth-order valence-corrected chi connectivity index (χ4v) is 6.02. The smallest absolute Gasteiger partial charge is 0.132 e. The summed E-state index contributed by atoms with van der Waals surface area (Å²) >= 11 is 0. The molecule has 0 amide bonds. The van der Waals surface area contributed by atoms with Gasteiger partial charge in [-0.15, -0.1) is 0 Å².